The molecular weight excluding hydrogens is 368 g/mol. The summed E-state index contributed by atoms with van der Waals surface area (Å²) < 4.78 is 21.5. The van der Waals surface area contributed by atoms with E-state index in [4.69, 9.17) is 15.6 Å². The van der Waals surface area contributed by atoms with Gasteiger partial charge < -0.3 is 15.6 Å². The van der Waals surface area contributed by atoms with Crippen LogP contribution in [0.25, 0.3) is 11.2 Å². The summed E-state index contributed by atoms with van der Waals surface area (Å²) in [4.78, 5) is 12.2. The number of alkyl halides is 1. The summed E-state index contributed by atoms with van der Waals surface area (Å²) in [6.45, 7) is -0.210. The number of ether oxygens (including phenoxy) is 1. The van der Waals surface area contributed by atoms with E-state index >= 15 is 0 Å². The molecule has 0 saturated carbocycles. The smallest absolute Gasteiger partial charge is 0.223 e. The standard InChI is InChI=1S/C10H11FIN5O2/c11-5-1-4(2-18)19-9(5)17-3-14-6-7(12)15-10(13)16-8(6)17/h3-5,9,18H,1-2H2,(H2,13,15,16)/t4-,5-,9+/m0/s1. The number of anilines is 1. The Balaban J connectivity index is 2.06. The van der Waals surface area contributed by atoms with Gasteiger partial charge in [0, 0.05) is 6.42 Å². The van der Waals surface area contributed by atoms with Crippen molar-refractivity contribution in [1.29, 1.82) is 0 Å². The molecule has 3 heterocycles. The molecule has 0 bridgehead atoms. The summed E-state index contributed by atoms with van der Waals surface area (Å²) in [5.74, 6) is 0.103. The van der Waals surface area contributed by atoms with Crippen LogP contribution in [0.4, 0.5) is 10.3 Å². The minimum atomic E-state index is -1.22. The zero-order valence-corrected chi connectivity index (χ0v) is 11.9. The van der Waals surface area contributed by atoms with Gasteiger partial charge in [-0.2, -0.15) is 4.98 Å². The maximum Gasteiger partial charge on any atom is 0.223 e. The van der Waals surface area contributed by atoms with Crippen molar-refractivity contribution in [2.24, 2.45) is 0 Å². The molecule has 7 nitrogen and oxygen atoms in total. The zero-order chi connectivity index (χ0) is 13.6. The second kappa shape index (κ2) is 4.80. The Labute approximate surface area is 121 Å². The molecule has 0 spiro atoms. The van der Waals surface area contributed by atoms with Crippen molar-refractivity contribution in [2.75, 3.05) is 12.3 Å². The highest BCUT2D eigenvalue weighted by Crippen LogP contribution is 2.33. The van der Waals surface area contributed by atoms with Gasteiger partial charge in [-0.1, -0.05) is 0 Å². The van der Waals surface area contributed by atoms with Crippen LogP contribution in [0.5, 0.6) is 0 Å². The summed E-state index contributed by atoms with van der Waals surface area (Å²) in [6.07, 6.45) is -0.956. The van der Waals surface area contributed by atoms with E-state index in [0.717, 1.165) is 0 Å². The Morgan fingerprint density at radius 3 is 3.05 bits per heavy atom. The largest absolute Gasteiger partial charge is 0.394 e. The van der Waals surface area contributed by atoms with Crippen molar-refractivity contribution in [2.45, 2.75) is 24.9 Å². The molecule has 0 amide bonds. The highest BCUT2D eigenvalue weighted by molar-refractivity contribution is 14.1. The van der Waals surface area contributed by atoms with E-state index in [1.807, 2.05) is 22.6 Å². The Hall–Kier alpha value is -1.07. The molecule has 0 aliphatic carbocycles. The van der Waals surface area contributed by atoms with Gasteiger partial charge in [-0.05, 0) is 22.6 Å². The molecule has 9 heteroatoms. The molecule has 2 aromatic heterocycles. The van der Waals surface area contributed by atoms with E-state index in [1.54, 1.807) is 0 Å². The minimum absolute atomic E-state index is 0.103. The molecule has 1 fully saturated rings. The number of halogens is 2. The molecule has 1 aliphatic rings. The Morgan fingerprint density at radius 2 is 2.37 bits per heavy atom. The highest BCUT2D eigenvalue weighted by atomic mass is 127. The lowest BCUT2D eigenvalue weighted by molar-refractivity contribution is -0.0351. The van der Waals surface area contributed by atoms with Crippen LogP contribution in [-0.4, -0.2) is 43.5 Å². The third-order valence-electron chi connectivity index (χ3n) is 3.00. The van der Waals surface area contributed by atoms with Crippen molar-refractivity contribution in [3.63, 3.8) is 0 Å². The molecule has 1 saturated heterocycles. The summed E-state index contributed by atoms with van der Waals surface area (Å²) in [7, 11) is 0. The van der Waals surface area contributed by atoms with Crippen LogP contribution in [-0.2, 0) is 4.74 Å². The summed E-state index contributed by atoms with van der Waals surface area (Å²) in [6, 6.07) is 0. The van der Waals surface area contributed by atoms with Gasteiger partial charge in [0.15, 0.2) is 11.9 Å². The van der Waals surface area contributed by atoms with Crippen molar-refractivity contribution in [3.05, 3.63) is 10.0 Å². The summed E-state index contributed by atoms with van der Waals surface area (Å²) in [5.41, 5.74) is 6.58. The van der Waals surface area contributed by atoms with E-state index in [1.165, 1.54) is 10.9 Å². The molecular formula is C10H11FIN5O2. The number of hydrogen-bond donors (Lipinski definition) is 2. The van der Waals surface area contributed by atoms with E-state index < -0.39 is 18.5 Å². The molecule has 102 valence electrons. The van der Waals surface area contributed by atoms with Crippen LogP contribution in [0.3, 0.4) is 0 Å². The van der Waals surface area contributed by atoms with E-state index in [9.17, 15) is 4.39 Å². The van der Waals surface area contributed by atoms with E-state index in [-0.39, 0.29) is 19.0 Å². The number of fused-ring (bicyclic) bond motifs is 1. The first kappa shape index (κ1) is 12.9. The quantitative estimate of drug-likeness (QED) is 0.587. The summed E-state index contributed by atoms with van der Waals surface area (Å²) in [5, 5.41) is 9.04. The summed E-state index contributed by atoms with van der Waals surface area (Å²) >= 11 is 2.00. The molecule has 1 aliphatic heterocycles. The Bertz CT molecular complexity index is 621. The van der Waals surface area contributed by atoms with Crippen LogP contribution in [0, 0.1) is 3.70 Å². The Kier molecular flexibility index (Phi) is 3.27. The number of rotatable bonds is 2. The van der Waals surface area contributed by atoms with Gasteiger partial charge in [-0.3, -0.25) is 4.57 Å². The monoisotopic (exact) mass is 379 g/mol. The lowest BCUT2D eigenvalue weighted by Crippen LogP contribution is -2.17. The molecule has 3 N–H and O–H groups in total. The Morgan fingerprint density at radius 1 is 1.58 bits per heavy atom. The number of nitrogen functional groups attached to an aromatic ring is 1. The second-order valence-corrected chi connectivity index (χ2v) is 5.30. The van der Waals surface area contributed by atoms with Crippen molar-refractivity contribution >= 4 is 39.7 Å². The van der Waals surface area contributed by atoms with E-state index in [0.29, 0.717) is 14.9 Å². The lowest BCUT2D eigenvalue weighted by atomic mass is 10.2. The zero-order valence-electron chi connectivity index (χ0n) is 9.70. The van der Waals surface area contributed by atoms with Crippen molar-refractivity contribution in [1.82, 2.24) is 19.5 Å². The van der Waals surface area contributed by atoms with Crippen molar-refractivity contribution < 1.29 is 14.2 Å². The lowest BCUT2D eigenvalue weighted by Gasteiger charge is -2.15. The minimum Gasteiger partial charge on any atom is -0.394 e. The van der Waals surface area contributed by atoms with Gasteiger partial charge in [0.25, 0.3) is 0 Å². The predicted octanol–water partition coefficient (Wildman–Crippen LogP) is 0.631. The maximum atomic E-state index is 14.0. The topological polar surface area (TPSA) is 99.1 Å². The van der Waals surface area contributed by atoms with Gasteiger partial charge in [-0.25, -0.2) is 14.4 Å². The molecule has 0 unspecified atom stereocenters. The molecule has 19 heavy (non-hydrogen) atoms. The highest BCUT2D eigenvalue weighted by Gasteiger charge is 2.37. The number of aromatic nitrogens is 4. The van der Waals surface area contributed by atoms with Crippen molar-refractivity contribution in [3.8, 4) is 0 Å². The fourth-order valence-electron chi connectivity index (χ4n) is 2.15. The first-order valence-electron chi connectivity index (χ1n) is 5.66. The molecule has 0 radical (unpaired) electrons. The molecule has 2 aromatic rings. The predicted molar refractivity (Wildman–Crippen MR) is 73.0 cm³/mol. The average Bonchev–Trinajstić information content (AvgIpc) is 2.92. The first-order valence-corrected chi connectivity index (χ1v) is 6.74. The molecule has 0 aromatic carbocycles. The van der Waals surface area contributed by atoms with Crippen LogP contribution < -0.4 is 5.73 Å². The number of aliphatic hydroxyl groups excluding tert-OH is 1. The normalized spacial score (nSPS) is 27.2. The number of nitrogens with zero attached hydrogens (tertiary/aromatic N) is 4. The van der Waals surface area contributed by atoms with Gasteiger partial charge in [-0.15, -0.1) is 0 Å². The van der Waals surface area contributed by atoms with Crippen LogP contribution in [0.15, 0.2) is 6.33 Å². The fraction of sp³-hybridized carbons (Fsp3) is 0.500. The molecule has 3 atom stereocenters. The van der Waals surface area contributed by atoms with Gasteiger partial charge >= 0.3 is 0 Å². The van der Waals surface area contributed by atoms with Crippen LogP contribution in [0.1, 0.15) is 12.6 Å². The molecule has 3 rings (SSSR count). The third kappa shape index (κ3) is 2.15. The third-order valence-corrected chi connectivity index (χ3v) is 3.76. The first-order chi connectivity index (χ1) is 9.10. The SMILES string of the molecule is Nc1nc(I)c2ncn([C@@H]3O[C@H](CO)C[C@@H]3F)c2n1. The second-order valence-electron chi connectivity index (χ2n) is 4.28. The van der Waals surface area contributed by atoms with Gasteiger partial charge in [0.05, 0.1) is 19.0 Å². The number of hydrogen-bond acceptors (Lipinski definition) is 6. The van der Waals surface area contributed by atoms with Gasteiger partial charge in [0.1, 0.15) is 15.4 Å². The number of nitrogens with two attached hydrogens (primary N) is 1. The average molecular weight is 379 g/mol. The van der Waals surface area contributed by atoms with Crippen LogP contribution in [0.2, 0.25) is 0 Å². The van der Waals surface area contributed by atoms with E-state index in [2.05, 4.69) is 15.0 Å². The maximum absolute atomic E-state index is 14.0. The number of aliphatic hydroxyl groups is 1. The fourth-order valence-corrected chi connectivity index (χ4v) is 2.77. The van der Waals surface area contributed by atoms with Gasteiger partial charge in [0.2, 0.25) is 5.95 Å². The van der Waals surface area contributed by atoms with Crippen LogP contribution >= 0.6 is 22.6 Å². The number of imidazole rings is 1.